The number of benzene rings is 1. The highest BCUT2D eigenvalue weighted by Gasteiger charge is 2.65. The minimum atomic E-state index is -5.08. The van der Waals surface area contributed by atoms with Gasteiger partial charge in [-0.3, -0.25) is 4.79 Å². The molecule has 2 aliphatic heterocycles. The number of amides is 1. The van der Waals surface area contributed by atoms with Crippen molar-refractivity contribution in [3.63, 3.8) is 0 Å². The van der Waals surface area contributed by atoms with Crippen molar-refractivity contribution in [3.05, 3.63) is 29.8 Å². The SMILES string of the molecule is N[C@]1(C(=O)NS(=O)(=O)c2ccc(C3(C(F)(F)F)N=N3)cc2)C[C@@H]2OCCC[C@@H]21.O=C(O)C(F)(F)F. The maximum atomic E-state index is 13.0. The number of sulfonamides is 1. The molecule has 4 rings (SSSR count). The van der Waals surface area contributed by atoms with Gasteiger partial charge in [0.2, 0.25) is 0 Å². The first-order chi connectivity index (χ1) is 15.9. The van der Waals surface area contributed by atoms with E-state index in [1.54, 1.807) is 0 Å². The summed E-state index contributed by atoms with van der Waals surface area (Å²) in [5.74, 6) is -3.86. The van der Waals surface area contributed by atoms with Gasteiger partial charge in [0.05, 0.1) is 11.0 Å². The van der Waals surface area contributed by atoms with Gasteiger partial charge in [0.1, 0.15) is 5.54 Å². The second-order valence-electron chi connectivity index (χ2n) is 8.03. The van der Waals surface area contributed by atoms with Gasteiger partial charge in [0, 0.05) is 24.5 Å². The Balaban J connectivity index is 0.000000429. The van der Waals surface area contributed by atoms with Gasteiger partial charge < -0.3 is 15.6 Å². The molecule has 35 heavy (non-hydrogen) atoms. The first kappa shape index (κ1) is 26.8. The quantitative estimate of drug-likeness (QED) is 0.501. The van der Waals surface area contributed by atoms with E-state index in [1.807, 2.05) is 4.72 Å². The molecule has 0 radical (unpaired) electrons. The number of aliphatic carboxylic acids is 1. The summed E-state index contributed by atoms with van der Waals surface area (Å²) in [5.41, 5.74) is 1.83. The standard InChI is InChI=1S/C16H17F3N4O4S.C2HF3O2/c17-16(18,19)15(22-23-15)9-3-5-10(6-4-9)28(25,26)21-13(24)14(20)8-12-11(14)2-1-7-27-12;3-2(4,5)1(6)7/h3-6,11-12H,1-2,7-8,20H2,(H,21,24);(H,6,7)/t11-,12-,14+;/m0./s1. The van der Waals surface area contributed by atoms with Crippen LogP contribution in [0.4, 0.5) is 26.3 Å². The zero-order valence-electron chi connectivity index (χ0n) is 17.4. The van der Waals surface area contributed by atoms with Crippen LogP contribution in [0.15, 0.2) is 39.4 Å². The van der Waals surface area contributed by atoms with Crippen LogP contribution in [0, 0.1) is 5.92 Å². The summed E-state index contributed by atoms with van der Waals surface area (Å²) in [6.07, 6.45) is -8.34. The fraction of sp³-hybridized carbons (Fsp3) is 0.556. The van der Waals surface area contributed by atoms with Gasteiger partial charge in [-0.1, -0.05) is 12.1 Å². The third kappa shape index (κ3) is 5.11. The highest BCUT2D eigenvalue weighted by Crippen LogP contribution is 2.52. The lowest BCUT2D eigenvalue weighted by atomic mass is 9.61. The number of hydrogen-bond donors (Lipinski definition) is 3. The van der Waals surface area contributed by atoms with E-state index in [-0.39, 0.29) is 28.9 Å². The Bertz CT molecular complexity index is 1130. The van der Waals surface area contributed by atoms with Gasteiger partial charge in [-0.05, 0) is 25.0 Å². The van der Waals surface area contributed by atoms with Crippen LogP contribution < -0.4 is 10.5 Å². The number of carbonyl (C=O) groups is 2. The van der Waals surface area contributed by atoms with E-state index in [1.165, 1.54) is 0 Å². The molecule has 4 N–H and O–H groups in total. The molecule has 1 saturated heterocycles. The molecule has 17 heteroatoms. The summed E-state index contributed by atoms with van der Waals surface area (Å²) in [4.78, 5) is 21.0. The van der Waals surface area contributed by atoms with E-state index in [9.17, 15) is 39.6 Å². The molecule has 2 heterocycles. The van der Waals surface area contributed by atoms with E-state index in [4.69, 9.17) is 20.4 Å². The Morgan fingerprint density at radius 1 is 1.11 bits per heavy atom. The van der Waals surface area contributed by atoms with Crippen molar-refractivity contribution in [1.29, 1.82) is 0 Å². The van der Waals surface area contributed by atoms with Crippen LogP contribution in [-0.2, 0) is 30.0 Å². The average Bonchev–Trinajstić information content (AvgIpc) is 3.54. The lowest BCUT2D eigenvalue weighted by molar-refractivity contribution is -0.192. The molecule has 0 aromatic heterocycles. The number of nitrogens with two attached hydrogens (primary N) is 1. The highest BCUT2D eigenvalue weighted by atomic mass is 32.2. The fourth-order valence-corrected chi connectivity index (χ4v) is 4.85. The first-order valence-corrected chi connectivity index (χ1v) is 11.3. The highest BCUT2D eigenvalue weighted by molar-refractivity contribution is 7.90. The number of hydrogen-bond acceptors (Lipinski definition) is 8. The second-order valence-corrected chi connectivity index (χ2v) is 9.72. The molecular weight excluding hydrogens is 514 g/mol. The van der Waals surface area contributed by atoms with Crippen molar-refractivity contribution < 1.29 is 54.2 Å². The fourth-order valence-electron chi connectivity index (χ4n) is 3.80. The molecular formula is C18H18F6N4O6S. The molecule has 1 saturated carbocycles. The Kier molecular flexibility index (Phi) is 6.67. The Labute approximate surface area is 193 Å². The normalized spacial score (nSPS) is 26.9. The van der Waals surface area contributed by atoms with Gasteiger partial charge >= 0.3 is 24.0 Å². The molecule has 1 amide bonds. The maximum Gasteiger partial charge on any atom is 0.490 e. The number of nitrogens with zero attached hydrogens (tertiary/aromatic N) is 2. The molecule has 1 aliphatic carbocycles. The molecule has 1 aromatic carbocycles. The number of halogens is 6. The molecule has 0 bridgehead atoms. The molecule has 1 aromatic rings. The Hall–Kier alpha value is -2.79. The van der Waals surface area contributed by atoms with Crippen LogP contribution >= 0.6 is 0 Å². The monoisotopic (exact) mass is 532 g/mol. The van der Waals surface area contributed by atoms with Crippen molar-refractivity contribution in [3.8, 4) is 0 Å². The zero-order chi connectivity index (χ0) is 26.4. The van der Waals surface area contributed by atoms with Crippen LogP contribution in [0.25, 0.3) is 0 Å². The van der Waals surface area contributed by atoms with Gasteiger partial charge in [-0.15, -0.1) is 10.2 Å². The first-order valence-electron chi connectivity index (χ1n) is 9.83. The van der Waals surface area contributed by atoms with Crippen molar-refractivity contribution in [2.75, 3.05) is 6.61 Å². The number of alkyl halides is 6. The summed E-state index contributed by atoms with van der Waals surface area (Å²) in [7, 11) is -4.30. The van der Waals surface area contributed by atoms with Crippen molar-refractivity contribution in [2.45, 2.75) is 53.8 Å². The molecule has 0 spiro atoms. The molecule has 10 nitrogen and oxygen atoms in total. The van der Waals surface area contributed by atoms with Gasteiger partial charge in [0.25, 0.3) is 15.9 Å². The van der Waals surface area contributed by atoms with E-state index in [2.05, 4.69) is 10.2 Å². The number of fused-ring (bicyclic) bond motifs is 1. The molecule has 2 fully saturated rings. The van der Waals surface area contributed by atoms with Gasteiger partial charge in [-0.25, -0.2) is 17.9 Å². The topological polar surface area (TPSA) is 161 Å². The minimum Gasteiger partial charge on any atom is -0.475 e. The van der Waals surface area contributed by atoms with Crippen LogP contribution in [0.1, 0.15) is 24.8 Å². The molecule has 3 aliphatic rings. The van der Waals surface area contributed by atoms with E-state index in [0.717, 1.165) is 30.7 Å². The molecule has 194 valence electrons. The zero-order valence-corrected chi connectivity index (χ0v) is 18.2. The van der Waals surface area contributed by atoms with E-state index in [0.29, 0.717) is 13.0 Å². The Morgan fingerprint density at radius 3 is 2.09 bits per heavy atom. The van der Waals surface area contributed by atoms with Crippen molar-refractivity contribution >= 4 is 21.9 Å². The van der Waals surface area contributed by atoms with Crippen LogP contribution in [-0.4, -0.2) is 56.0 Å². The minimum absolute atomic E-state index is 0.156. The number of rotatable bonds is 4. The largest absolute Gasteiger partial charge is 0.490 e. The smallest absolute Gasteiger partial charge is 0.475 e. The number of carboxylic acids is 1. The summed E-state index contributed by atoms with van der Waals surface area (Å²) < 4.78 is 103. The van der Waals surface area contributed by atoms with Crippen molar-refractivity contribution in [2.24, 2.45) is 21.9 Å². The van der Waals surface area contributed by atoms with Crippen LogP contribution in [0.2, 0.25) is 0 Å². The van der Waals surface area contributed by atoms with Crippen molar-refractivity contribution in [1.82, 2.24) is 4.72 Å². The second kappa shape index (κ2) is 8.70. The molecule has 3 atom stereocenters. The predicted molar refractivity (Wildman–Crippen MR) is 102 cm³/mol. The third-order valence-corrected chi connectivity index (χ3v) is 7.14. The average molecular weight is 532 g/mol. The van der Waals surface area contributed by atoms with Gasteiger partial charge in [0.15, 0.2) is 0 Å². The third-order valence-electron chi connectivity index (χ3n) is 5.80. The van der Waals surface area contributed by atoms with E-state index >= 15 is 0 Å². The lowest BCUT2D eigenvalue weighted by Crippen LogP contribution is -2.72. The summed E-state index contributed by atoms with van der Waals surface area (Å²) in [6.45, 7) is 0.585. The van der Waals surface area contributed by atoms with Crippen LogP contribution in [0.3, 0.4) is 0 Å². The summed E-state index contributed by atoms with van der Waals surface area (Å²) in [6, 6.07) is 3.88. The number of ether oxygens (including phenoxy) is 1. The number of nitrogens with one attached hydrogen (secondary N) is 1. The number of carbonyl (C=O) groups excluding carboxylic acids is 1. The number of carboxylic acid groups (broad SMARTS) is 1. The van der Waals surface area contributed by atoms with E-state index < -0.39 is 45.5 Å². The maximum absolute atomic E-state index is 13.0. The summed E-state index contributed by atoms with van der Waals surface area (Å²) in [5, 5.41) is 13.2. The lowest BCUT2D eigenvalue weighted by Gasteiger charge is -2.53. The Morgan fingerprint density at radius 2 is 1.66 bits per heavy atom. The summed E-state index contributed by atoms with van der Waals surface area (Å²) >= 11 is 0. The van der Waals surface area contributed by atoms with Crippen LogP contribution in [0.5, 0.6) is 0 Å². The van der Waals surface area contributed by atoms with Gasteiger partial charge in [-0.2, -0.15) is 26.3 Å². The predicted octanol–water partition coefficient (Wildman–Crippen LogP) is 2.20. The molecule has 0 unspecified atom stereocenters.